The van der Waals surface area contributed by atoms with Gasteiger partial charge >= 0.3 is 0 Å². The second kappa shape index (κ2) is 6.37. The van der Waals surface area contributed by atoms with E-state index in [0.29, 0.717) is 6.54 Å². The predicted octanol–water partition coefficient (Wildman–Crippen LogP) is 3.03. The fraction of sp³-hybridized carbons (Fsp3) is 0.667. The molecule has 2 saturated carbocycles. The zero-order valence-electron chi connectivity index (χ0n) is 13.3. The summed E-state index contributed by atoms with van der Waals surface area (Å²) in [5.41, 5.74) is 8.46. The second-order valence-electron chi connectivity index (χ2n) is 6.76. The lowest BCUT2D eigenvalue weighted by atomic mass is 9.96. The van der Waals surface area contributed by atoms with Crippen LogP contribution in [-0.4, -0.2) is 20.2 Å². The quantitative estimate of drug-likeness (QED) is 0.773. The van der Waals surface area contributed by atoms with Crippen LogP contribution in [0.5, 0.6) is 5.75 Å². The SMILES string of the molecule is COc1ccc(C(CN)NCC(C2CC2)C2CC2)cc1C. The zero-order valence-corrected chi connectivity index (χ0v) is 13.3. The molecule has 1 atom stereocenters. The maximum absolute atomic E-state index is 6.00. The standard InChI is InChI=1S/C18H28N2O/c1-12-9-15(7-8-18(12)21-2)17(10-19)20-11-16(13-3-4-13)14-5-6-14/h7-9,13-14,16-17,20H,3-6,10-11,19H2,1-2H3. The fourth-order valence-electron chi connectivity index (χ4n) is 3.50. The van der Waals surface area contributed by atoms with Crippen molar-refractivity contribution in [2.75, 3.05) is 20.2 Å². The van der Waals surface area contributed by atoms with Crippen LogP contribution in [0.4, 0.5) is 0 Å². The van der Waals surface area contributed by atoms with Gasteiger partial charge in [0.15, 0.2) is 0 Å². The number of nitrogens with two attached hydrogens (primary N) is 1. The molecule has 2 fully saturated rings. The van der Waals surface area contributed by atoms with Gasteiger partial charge in [-0.05, 0) is 74.1 Å². The molecule has 0 aliphatic heterocycles. The van der Waals surface area contributed by atoms with Gasteiger partial charge < -0.3 is 15.8 Å². The van der Waals surface area contributed by atoms with Gasteiger partial charge in [0.25, 0.3) is 0 Å². The average Bonchev–Trinajstić information content (AvgIpc) is 3.37. The van der Waals surface area contributed by atoms with Crippen LogP contribution in [0.3, 0.4) is 0 Å². The van der Waals surface area contributed by atoms with Crippen LogP contribution in [0.2, 0.25) is 0 Å². The molecule has 0 saturated heterocycles. The highest BCUT2D eigenvalue weighted by molar-refractivity contribution is 5.37. The van der Waals surface area contributed by atoms with Crippen LogP contribution >= 0.6 is 0 Å². The first-order valence-electron chi connectivity index (χ1n) is 8.31. The van der Waals surface area contributed by atoms with Gasteiger partial charge in [0.05, 0.1) is 7.11 Å². The first-order valence-corrected chi connectivity index (χ1v) is 8.31. The van der Waals surface area contributed by atoms with Crippen molar-refractivity contribution in [1.29, 1.82) is 0 Å². The number of ether oxygens (including phenoxy) is 1. The lowest BCUT2D eigenvalue weighted by Gasteiger charge is -2.23. The van der Waals surface area contributed by atoms with Crippen LogP contribution < -0.4 is 15.8 Å². The Morgan fingerprint density at radius 3 is 2.38 bits per heavy atom. The van der Waals surface area contributed by atoms with Crippen molar-refractivity contribution < 1.29 is 4.74 Å². The molecule has 3 nitrogen and oxygen atoms in total. The van der Waals surface area contributed by atoms with E-state index in [2.05, 4.69) is 24.4 Å². The molecule has 2 aliphatic rings. The molecule has 3 N–H and O–H groups in total. The summed E-state index contributed by atoms with van der Waals surface area (Å²) < 4.78 is 5.34. The van der Waals surface area contributed by atoms with E-state index >= 15 is 0 Å². The minimum Gasteiger partial charge on any atom is -0.496 e. The first kappa shape index (κ1) is 14.9. The monoisotopic (exact) mass is 288 g/mol. The summed E-state index contributed by atoms with van der Waals surface area (Å²) in [4.78, 5) is 0. The number of hydrogen-bond acceptors (Lipinski definition) is 3. The molecule has 0 bridgehead atoms. The maximum atomic E-state index is 6.00. The molecule has 0 spiro atoms. The van der Waals surface area contributed by atoms with E-state index < -0.39 is 0 Å². The molecule has 21 heavy (non-hydrogen) atoms. The lowest BCUT2D eigenvalue weighted by molar-refractivity contribution is 0.357. The van der Waals surface area contributed by atoms with Gasteiger partial charge in [-0.1, -0.05) is 12.1 Å². The molecule has 0 amide bonds. The average molecular weight is 288 g/mol. The molecule has 3 rings (SSSR count). The van der Waals surface area contributed by atoms with Crippen molar-refractivity contribution in [1.82, 2.24) is 5.32 Å². The van der Waals surface area contributed by atoms with Gasteiger partial charge in [-0.25, -0.2) is 0 Å². The van der Waals surface area contributed by atoms with E-state index in [0.717, 1.165) is 30.0 Å². The Morgan fingerprint density at radius 2 is 1.90 bits per heavy atom. The van der Waals surface area contributed by atoms with E-state index in [-0.39, 0.29) is 6.04 Å². The topological polar surface area (TPSA) is 47.3 Å². The van der Waals surface area contributed by atoms with Crippen molar-refractivity contribution in [3.05, 3.63) is 29.3 Å². The molecule has 0 radical (unpaired) electrons. The Hall–Kier alpha value is -1.06. The Balaban J connectivity index is 1.62. The first-order chi connectivity index (χ1) is 10.2. The van der Waals surface area contributed by atoms with E-state index in [9.17, 15) is 0 Å². The number of nitrogens with one attached hydrogen (secondary N) is 1. The van der Waals surface area contributed by atoms with Crippen LogP contribution in [0.15, 0.2) is 18.2 Å². The summed E-state index contributed by atoms with van der Waals surface area (Å²) in [7, 11) is 1.72. The molecule has 0 aromatic heterocycles. The second-order valence-corrected chi connectivity index (χ2v) is 6.76. The van der Waals surface area contributed by atoms with Gasteiger partial charge in [-0.2, -0.15) is 0 Å². The molecule has 1 aromatic carbocycles. The third-order valence-electron chi connectivity index (χ3n) is 5.11. The molecule has 116 valence electrons. The van der Waals surface area contributed by atoms with Crippen molar-refractivity contribution in [2.45, 2.75) is 38.6 Å². The third-order valence-corrected chi connectivity index (χ3v) is 5.11. The summed E-state index contributed by atoms with van der Waals surface area (Å²) >= 11 is 0. The predicted molar refractivity (Wildman–Crippen MR) is 86.5 cm³/mol. The summed E-state index contributed by atoms with van der Waals surface area (Å²) in [6.07, 6.45) is 5.77. The highest BCUT2D eigenvalue weighted by Crippen LogP contribution is 2.49. The van der Waals surface area contributed by atoms with Gasteiger partial charge in [-0.15, -0.1) is 0 Å². The Bertz CT molecular complexity index is 468. The zero-order chi connectivity index (χ0) is 14.8. The Labute approximate surface area is 128 Å². The van der Waals surface area contributed by atoms with Crippen molar-refractivity contribution in [2.24, 2.45) is 23.5 Å². The fourth-order valence-corrected chi connectivity index (χ4v) is 3.50. The van der Waals surface area contributed by atoms with Gasteiger partial charge in [-0.3, -0.25) is 0 Å². The maximum Gasteiger partial charge on any atom is 0.121 e. The minimum absolute atomic E-state index is 0.259. The van der Waals surface area contributed by atoms with E-state index in [1.54, 1.807) is 7.11 Å². The number of benzene rings is 1. The van der Waals surface area contributed by atoms with Crippen molar-refractivity contribution >= 4 is 0 Å². The van der Waals surface area contributed by atoms with Crippen molar-refractivity contribution in [3.63, 3.8) is 0 Å². The number of hydrogen-bond donors (Lipinski definition) is 2. The molecular formula is C18H28N2O. The van der Waals surface area contributed by atoms with Gasteiger partial charge in [0.2, 0.25) is 0 Å². The molecule has 2 aliphatic carbocycles. The van der Waals surface area contributed by atoms with Crippen LogP contribution in [0.1, 0.15) is 42.9 Å². The van der Waals surface area contributed by atoms with E-state index in [1.807, 2.05) is 6.07 Å². The lowest BCUT2D eigenvalue weighted by Crippen LogP contribution is -2.33. The van der Waals surface area contributed by atoms with Gasteiger partial charge in [0.1, 0.15) is 5.75 Å². The van der Waals surface area contributed by atoms with E-state index in [1.165, 1.54) is 36.8 Å². The minimum atomic E-state index is 0.259. The molecule has 0 heterocycles. The summed E-state index contributed by atoms with van der Waals surface area (Å²) in [5.74, 6) is 3.81. The molecule has 3 heteroatoms. The summed E-state index contributed by atoms with van der Waals surface area (Å²) in [5, 5.41) is 3.73. The molecule has 1 aromatic rings. The van der Waals surface area contributed by atoms with Gasteiger partial charge in [0, 0.05) is 12.6 Å². The number of methoxy groups -OCH3 is 1. The molecular weight excluding hydrogens is 260 g/mol. The third kappa shape index (κ3) is 3.58. The Kier molecular flexibility index (Phi) is 4.51. The highest BCUT2D eigenvalue weighted by Gasteiger charge is 2.41. The molecule has 1 unspecified atom stereocenters. The highest BCUT2D eigenvalue weighted by atomic mass is 16.5. The summed E-state index contributed by atoms with van der Waals surface area (Å²) in [6.45, 7) is 3.86. The van der Waals surface area contributed by atoms with Crippen molar-refractivity contribution in [3.8, 4) is 5.75 Å². The number of rotatable bonds is 8. The normalized spacial score (nSPS) is 19.8. The smallest absolute Gasteiger partial charge is 0.121 e. The largest absolute Gasteiger partial charge is 0.496 e. The summed E-state index contributed by atoms with van der Waals surface area (Å²) in [6, 6.07) is 6.65. The Morgan fingerprint density at radius 1 is 1.24 bits per heavy atom. The van der Waals surface area contributed by atoms with E-state index in [4.69, 9.17) is 10.5 Å². The number of aryl methyl sites for hydroxylation is 1. The van der Waals surface area contributed by atoms with Crippen LogP contribution in [-0.2, 0) is 0 Å². The van der Waals surface area contributed by atoms with Crippen LogP contribution in [0, 0.1) is 24.7 Å². The van der Waals surface area contributed by atoms with Crippen LogP contribution in [0.25, 0.3) is 0 Å².